The summed E-state index contributed by atoms with van der Waals surface area (Å²) in [7, 11) is -12.7. The second-order valence-corrected chi connectivity index (χ2v) is 12.2. The third kappa shape index (κ3) is 5.40. The predicted molar refractivity (Wildman–Crippen MR) is 120 cm³/mol. The highest BCUT2D eigenvalue weighted by atomic mass is 31.2. The SMILES string of the molecule is O=C1N(Cc2noc3ccccc23)COCC=CN1[C@@H]1O[C@H](COP(=O)(O)C(F)(F)P(=O)(O)O)C(O)C1O. The molecule has 1 fully saturated rings. The van der Waals surface area contributed by atoms with E-state index < -0.39 is 57.8 Å². The average molecular weight is 585 g/mol. The van der Waals surface area contributed by atoms with Crippen molar-refractivity contribution in [3.8, 4) is 0 Å². The Morgan fingerprint density at radius 2 is 1.87 bits per heavy atom. The van der Waals surface area contributed by atoms with Crippen molar-refractivity contribution in [2.45, 2.75) is 36.5 Å². The van der Waals surface area contributed by atoms with Gasteiger partial charge in [0.05, 0.1) is 19.8 Å². The number of aromatic nitrogens is 1. The summed E-state index contributed by atoms with van der Waals surface area (Å²) < 4.78 is 70.4. The van der Waals surface area contributed by atoms with Gasteiger partial charge in [-0.3, -0.25) is 18.9 Å². The van der Waals surface area contributed by atoms with Crippen LogP contribution in [0.5, 0.6) is 0 Å². The predicted octanol–water partition coefficient (Wildman–Crippen LogP) is 0.930. The van der Waals surface area contributed by atoms with E-state index in [9.17, 15) is 37.8 Å². The molecular weight excluding hydrogens is 562 g/mol. The number of alkyl halides is 2. The van der Waals surface area contributed by atoms with Gasteiger partial charge in [0.2, 0.25) is 0 Å². The molecule has 1 saturated heterocycles. The van der Waals surface area contributed by atoms with Crippen LogP contribution in [-0.4, -0.2) is 95.8 Å². The molecule has 2 aliphatic rings. The van der Waals surface area contributed by atoms with Crippen LogP contribution in [0, 0.1) is 0 Å². The Balaban J connectivity index is 1.50. The number of aliphatic hydroxyl groups is 2. The van der Waals surface area contributed by atoms with Crippen LogP contribution in [0.25, 0.3) is 11.0 Å². The molecule has 5 N–H and O–H groups in total. The molecular formula is C19H23F2N3O12P2. The van der Waals surface area contributed by atoms with Crippen LogP contribution in [0.4, 0.5) is 13.6 Å². The first-order valence-corrected chi connectivity index (χ1v) is 14.0. The Morgan fingerprint density at radius 3 is 2.58 bits per heavy atom. The van der Waals surface area contributed by atoms with Crippen molar-refractivity contribution in [1.29, 1.82) is 0 Å². The van der Waals surface area contributed by atoms with E-state index in [2.05, 4.69) is 9.68 Å². The number of hydrogen-bond acceptors (Lipinski definition) is 10. The van der Waals surface area contributed by atoms with Crippen molar-refractivity contribution >= 4 is 32.2 Å². The van der Waals surface area contributed by atoms with E-state index in [-0.39, 0.29) is 19.9 Å². The van der Waals surface area contributed by atoms with Crippen LogP contribution < -0.4 is 0 Å². The Labute approximate surface area is 212 Å². The molecule has 0 bridgehead atoms. The summed E-state index contributed by atoms with van der Waals surface area (Å²) in [5.74, 6) is 0. The third-order valence-corrected chi connectivity index (χ3v) is 9.15. The second kappa shape index (κ2) is 10.7. The molecule has 38 heavy (non-hydrogen) atoms. The van der Waals surface area contributed by atoms with Crippen LogP contribution in [-0.2, 0) is 29.7 Å². The lowest BCUT2D eigenvalue weighted by Crippen LogP contribution is -2.50. The topological polar surface area (TPSA) is 213 Å². The maximum atomic E-state index is 13.7. The van der Waals surface area contributed by atoms with Gasteiger partial charge in [-0.05, 0) is 18.2 Å². The van der Waals surface area contributed by atoms with Gasteiger partial charge >= 0.3 is 26.6 Å². The Kier molecular flexibility index (Phi) is 8.08. The van der Waals surface area contributed by atoms with Crippen molar-refractivity contribution < 1.29 is 66.1 Å². The maximum Gasteiger partial charge on any atom is 0.443 e. The molecule has 1 aromatic carbocycles. The number of aliphatic hydroxyl groups excluding tert-OH is 2. The zero-order valence-corrected chi connectivity index (χ0v) is 21.0. The standard InChI is InChI=1S/C19H23F2N3O12P2/c20-19(21,37(28,29)30)38(31,32)34-9-14-15(25)16(26)17(35-14)24-6-3-7-33-10-23(18(24)27)8-12-11-4-1-2-5-13(11)36-22-12/h1-6,14-17,25-26H,7-10H2,(H,31,32)(H2,28,29,30)/t14-,15?,16?,17-/m1/s1. The van der Waals surface area contributed by atoms with E-state index in [1.165, 1.54) is 17.2 Å². The number of urea groups is 1. The smallest absolute Gasteiger partial charge is 0.387 e. The molecule has 2 aliphatic heterocycles. The lowest BCUT2D eigenvalue weighted by Gasteiger charge is -2.33. The number of para-hydroxylation sites is 1. The van der Waals surface area contributed by atoms with Gasteiger partial charge in [-0.1, -0.05) is 17.3 Å². The normalized spacial score (nSPS) is 27.0. The van der Waals surface area contributed by atoms with E-state index in [1.807, 2.05) is 0 Å². The summed E-state index contributed by atoms with van der Waals surface area (Å²) in [6.07, 6.45) is -4.50. The highest BCUT2D eigenvalue weighted by molar-refractivity contribution is 7.72. The van der Waals surface area contributed by atoms with Gasteiger partial charge < -0.3 is 43.4 Å². The van der Waals surface area contributed by atoms with Gasteiger partial charge in [-0.15, -0.1) is 0 Å². The van der Waals surface area contributed by atoms with Crippen molar-refractivity contribution in [2.24, 2.45) is 0 Å². The van der Waals surface area contributed by atoms with Crippen LogP contribution >= 0.6 is 15.2 Å². The largest absolute Gasteiger partial charge is 0.443 e. The quantitative estimate of drug-likeness (QED) is 0.273. The summed E-state index contributed by atoms with van der Waals surface area (Å²) in [5, 5.41) is 20.0. The monoisotopic (exact) mass is 585 g/mol. The third-order valence-electron chi connectivity index (χ3n) is 5.73. The lowest BCUT2D eigenvalue weighted by atomic mass is 10.1. The molecule has 0 saturated carbocycles. The molecule has 15 nitrogen and oxygen atoms in total. The summed E-state index contributed by atoms with van der Waals surface area (Å²) in [6, 6.07) is 6.11. The minimum absolute atomic E-state index is 0.0307. The minimum atomic E-state index is -6.39. The summed E-state index contributed by atoms with van der Waals surface area (Å²) >= 11 is 0. The molecule has 1 aromatic heterocycles. The van der Waals surface area contributed by atoms with Crippen LogP contribution in [0.2, 0.25) is 0 Å². The lowest BCUT2D eigenvalue weighted by molar-refractivity contribution is -0.0739. The minimum Gasteiger partial charge on any atom is -0.387 e. The van der Waals surface area contributed by atoms with Gasteiger partial charge in [0.25, 0.3) is 0 Å². The number of ether oxygens (including phenoxy) is 2. The van der Waals surface area contributed by atoms with Gasteiger partial charge in [-0.25, -0.2) is 4.79 Å². The molecule has 0 radical (unpaired) electrons. The fraction of sp³-hybridized carbons (Fsp3) is 0.474. The first-order chi connectivity index (χ1) is 17.7. The number of benzene rings is 1. The average Bonchev–Trinajstić information content (AvgIpc) is 3.38. The maximum absolute atomic E-state index is 13.7. The second-order valence-electron chi connectivity index (χ2n) is 8.31. The summed E-state index contributed by atoms with van der Waals surface area (Å²) in [4.78, 5) is 42.2. The number of rotatable bonds is 8. The molecule has 5 atom stereocenters. The molecule has 3 unspecified atom stereocenters. The van der Waals surface area contributed by atoms with E-state index >= 15 is 0 Å². The zero-order valence-electron chi connectivity index (χ0n) is 19.2. The molecule has 210 valence electrons. The summed E-state index contributed by atoms with van der Waals surface area (Å²) in [6.45, 7) is -1.56. The molecule has 0 spiro atoms. The van der Waals surface area contributed by atoms with Crippen molar-refractivity contribution in [1.82, 2.24) is 15.0 Å². The number of carbonyl (C=O) groups excluding carboxylic acids is 1. The number of hydrogen-bond donors (Lipinski definition) is 5. The molecule has 3 heterocycles. The Morgan fingerprint density at radius 1 is 1.16 bits per heavy atom. The van der Waals surface area contributed by atoms with Crippen LogP contribution in [0.1, 0.15) is 5.69 Å². The van der Waals surface area contributed by atoms with Gasteiger partial charge in [0.1, 0.15) is 30.7 Å². The van der Waals surface area contributed by atoms with Crippen molar-refractivity contribution in [3.63, 3.8) is 0 Å². The fourth-order valence-corrected chi connectivity index (χ4v) is 5.72. The molecule has 4 rings (SSSR count). The molecule has 2 aromatic rings. The van der Waals surface area contributed by atoms with Gasteiger partial charge in [0, 0.05) is 11.6 Å². The first kappa shape index (κ1) is 28.7. The Hall–Kier alpha value is -2.30. The first-order valence-electron chi connectivity index (χ1n) is 10.8. The summed E-state index contributed by atoms with van der Waals surface area (Å²) in [5.41, 5.74) is 0.872. The number of halogens is 2. The van der Waals surface area contributed by atoms with Gasteiger partial charge in [-0.2, -0.15) is 8.78 Å². The Bertz CT molecular complexity index is 1300. The van der Waals surface area contributed by atoms with Crippen LogP contribution in [0.15, 0.2) is 41.1 Å². The number of fused-ring (bicyclic) bond motifs is 1. The van der Waals surface area contributed by atoms with Crippen LogP contribution in [0.3, 0.4) is 0 Å². The van der Waals surface area contributed by atoms with E-state index in [0.717, 1.165) is 4.90 Å². The number of carbonyl (C=O) groups is 1. The van der Waals surface area contributed by atoms with Crippen molar-refractivity contribution in [3.05, 3.63) is 42.2 Å². The van der Waals surface area contributed by atoms with Gasteiger partial charge in [0.15, 0.2) is 11.8 Å². The van der Waals surface area contributed by atoms with E-state index in [0.29, 0.717) is 16.7 Å². The fourth-order valence-electron chi connectivity index (χ4n) is 3.72. The molecule has 2 amide bonds. The van der Waals surface area contributed by atoms with Crippen molar-refractivity contribution in [2.75, 3.05) is 19.9 Å². The highest BCUT2D eigenvalue weighted by Gasteiger charge is 2.65. The van der Waals surface area contributed by atoms with E-state index in [4.69, 9.17) is 23.8 Å². The molecule has 0 aliphatic carbocycles. The van der Waals surface area contributed by atoms with E-state index in [1.54, 1.807) is 24.3 Å². The zero-order chi connectivity index (χ0) is 27.9. The molecule has 19 heteroatoms. The number of nitrogens with zero attached hydrogens (tertiary/aromatic N) is 3. The highest BCUT2D eigenvalue weighted by Crippen LogP contribution is 2.73. The number of amides is 2.